The minimum atomic E-state index is -1.39. The van der Waals surface area contributed by atoms with Gasteiger partial charge in [0, 0.05) is 62.5 Å². The molecule has 2 aromatic heterocycles. The van der Waals surface area contributed by atoms with Crippen molar-refractivity contribution in [2.24, 2.45) is 0 Å². The minimum Gasteiger partial charge on any atom is -0.550 e. The van der Waals surface area contributed by atoms with Gasteiger partial charge in [0.25, 0.3) is 11.8 Å². The maximum Gasteiger partial charge on any atom is 1.00 e. The molecule has 0 unspecified atom stereocenters. The smallest absolute Gasteiger partial charge is 0.550 e. The van der Waals surface area contributed by atoms with E-state index < -0.39 is 48.6 Å². The van der Waals surface area contributed by atoms with Gasteiger partial charge < -0.3 is 49.7 Å². The van der Waals surface area contributed by atoms with Crippen LogP contribution >= 0.6 is 0 Å². The van der Waals surface area contributed by atoms with Crippen LogP contribution in [0, 0.1) is 11.6 Å². The van der Waals surface area contributed by atoms with Crippen molar-refractivity contribution in [3.8, 4) is 22.8 Å². The van der Waals surface area contributed by atoms with Gasteiger partial charge in [-0.15, -0.1) is 0 Å². The normalized spacial score (nSPS) is 15.2. The topological polar surface area (TPSA) is 221 Å². The summed E-state index contributed by atoms with van der Waals surface area (Å²) >= 11 is 0. The van der Waals surface area contributed by atoms with Crippen LogP contribution in [0.4, 0.5) is 8.78 Å². The summed E-state index contributed by atoms with van der Waals surface area (Å²) in [4.78, 5) is 58.2. The number of hydrogen-bond acceptors (Lipinski definition) is 11. The minimum absolute atomic E-state index is 0. The summed E-state index contributed by atoms with van der Waals surface area (Å²) in [6, 6.07) is 30.8. The summed E-state index contributed by atoms with van der Waals surface area (Å²) in [5.74, 6) is -2.36. The molecule has 376 valence electrons. The zero-order valence-corrected chi connectivity index (χ0v) is 43.3. The number of nitrogens with one attached hydrogen (secondary N) is 2. The SMILES string of the molecule is CC(C)c1c(C(=O)NCc2ccccc2)nc(-c2ccc(F)cc2)n1CC[C@@H](O)C[C@@H](O)CC(=O)[O-].CC(C)c1c(C(=O)NCc2ccccc2)nc(-c2ccc(F)cc2)n1CC[C@@H]1C[C@@H](O)CC(=O)O1.[Na+]. The van der Waals surface area contributed by atoms with Gasteiger partial charge >= 0.3 is 35.5 Å². The first-order valence-corrected chi connectivity index (χ1v) is 23.8. The standard InChI is InChI=1S/C27H32FN3O5.C27H30FN3O4.Na/c1-17(2)25-24(27(36)29-16-18-6-4-3-5-7-18)30-26(19-8-10-20(28)11-9-19)31(25)13-12-21(32)14-22(33)15-23(34)35;1-17(2)25-24(27(34)29-16-18-6-4-3-5-7-18)30-26(19-8-10-20(28)11-9-19)31(25)13-12-22-14-21(32)15-23(33)35-22;/h3-11,17,21-22,32-33H,12-16H2,1-2H3,(H,29,36)(H,34,35);3-11,17,21-22,32H,12-16H2,1-2H3,(H,29,34);/q;;+1/p-1/t2*21-,22-;/m11./s1. The van der Waals surface area contributed by atoms with E-state index in [1.807, 2.05) is 97.5 Å². The molecular formula is C54H61F2N6NaO9. The number of nitrogens with zero attached hydrogens (tertiary/aromatic N) is 4. The number of aliphatic hydroxyl groups excluding tert-OH is 3. The Labute approximate surface area is 440 Å². The van der Waals surface area contributed by atoms with Crippen LogP contribution in [0.1, 0.15) is 122 Å². The average molecular weight is 999 g/mol. The number of carboxylic acids is 1. The third-order valence-corrected chi connectivity index (χ3v) is 11.9. The van der Waals surface area contributed by atoms with E-state index in [9.17, 15) is 48.4 Å². The van der Waals surface area contributed by atoms with Crippen molar-refractivity contribution in [2.75, 3.05) is 0 Å². The van der Waals surface area contributed by atoms with Crippen molar-refractivity contribution in [3.63, 3.8) is 0 Å². The molecule has 0 spiro atoms. The molecule has 15 nitrogen and oxygen atoms in total. The second kappa shape index (κ2) is 27.1. The molecule has 18 heteroatoms. The Bertz CT molecular complexity index is 2720. The van der Waals surface area contributed by atoms with Gasteiger partial charge in [0.1, 0.15) is 40.8 Å². The first-order chi connectivity index (χ1) is 34.0. The van der Waals surface area contributed by atoms with Crippen LogP contribution in [0.5, 0.6) is 0 Å². The number of benzene rings is 4. The van der Waals surface area contributed by atoms with E-state index in [-0.39, 0.29) is 90.5 Å². The van der Waals surface area contributed by atoms with Gasteiger partial charge in [-0.25, -0.2) is 18.7 Å². The van der Waals surface area contributed by atoms with E-state index in [2.05, 4.69) is 15.6 Å². The molecule has 2 amide bonds. The molecule has 1 aliphatic rings. The molecule has 5 N–H and O–H groups in total. The maximum atomic E-state index is 13.6. The molecule has 1 aliphatic heterocycles. The Morgan fingerprint density at radius 3 is 1.57 bits per heavy atom. The molecule has 0 bridgehead atoms. The Balaban J connectivity index is 0.000000264. The van der Waals surface area contributed by atoms with E-state index in [0.29, 0.717) is 66.6 Å². The zero-order valence-electron chi connectivity index (χ0n) is 41.3. The molecule has 4 aromatic carbocycles. The van der Waals surface area contributed by atoms with Gasteiger partial charge in [0.15, 0.2) is 0 Å². The summed E-state index contributed by atoms with van der Waals surface area (Å²) in [6.07, 6.45) is -3.04. The number of carboxylic acid groups (broad SMARTS) is 1. The third-order valence-electron chi connectivity index (χ3n) is 11.9. The van der Waals surface area contributed by atoms with E-state index in [4.69, 9.17) is 9.72 Å². The number of cyclic esters (lactones) is 1. The number of carbonyl (C=O) groups is 4. The molecule has 4 atom stereocenters. The molecule has 7 rings (SSSR count). The van der Waals surface area contributed by atoms with E-state index in [1.54, 1.807) is 24.3 Å². The number of ether oxygens (including phenoxy) is 1. The van der Waals surface area contributed by atoms with Crippen LogP contribution in [0.2, 0.25) is 0 Å². The summed E-state index contributed by atoms with van der Waals surface area (Å²) in [6.45, 7) is 9.19. The van der Waals surface area contributed by atoms with Crippen molar-refractivity contribution in [1.29, 1.82) is 0 Å². The monoisotopic (exact) mass is 998 g/mol. The van der Waals surface area contributed by atoms with Crippen LogP contribution in [-0.4, -0.2) is 82.6 Å². The Morgan fingerprint density at radius 1 is 0.708 bits per heavy atom. The van der Waals surface area contributed by atoms with Crippen LogP contribution in [-0.2, 0) is 40.5 Å². The first-order valence-electron chi connectivity index (χ1n) is 23.8. The Morgan fingerprint density at radius 2 is 1.15 bits per heavy atom. The summed E-state index contributed by atoms with van der Waals surface area (Å²) in [7, 11) is 0. The number of hydrogen-bond donors (Lipinski definition) is 5. The molecule has 6 aromatic rings. The van der Waals surface area contributed by atoms with Crippen molar-refractivity contribution >= 4 is 23.8 Å². The number of rotatable bonds is 20. The van der Waals surface area contributed by atoms with Crippen molar-refractivity contribution in [3.05, 3.63) is 155 Å². The van der Waals surface area contributed by atoms with Crippen LogP contribution < -0.4 is 45.3 Å². The average Bonchev–Trinajstić information content (AvgIpc) is 3.92. The van der Waals surface area contributed by atoms with Crippen LogP contribution in [0.15, 0.2) is 109 Å². The number of imidazole rings is 2. The van der Waals surface area contributed by atoms with E-state index in [1.165, 1.54) is 24.3 Å². The number of carbonyl (C=O) groups excluding carboxylic acids is 4. The molecule has 72 heavy (non-hydrogen) atoms. The maximum absolute atomic E-state index is 13.6. The van der Waals surface area contributed by atoms with E-state index in [0.717, 1.165) is 16.8 Å². The van der Waals surface area contributed by atoms with Gasteiger partial charge in [0.2, 0.25) is 0 Å². The van der Waals surface area contributed by atoms with Gasteiger partial charge in [0.05, 0.1) is 36.1 Å². The van der Waals surface area contributed by atoms with Gasteiger partial charge in [-0.05, 0) is 84.3 Å². The van der Waals surface area contributed by atoms with Gasteiger partial charge in [-0.1, -0.05) is 88.4 Å². The Kier molecular flexibility index (Phi) is 21.4. The number of aliphatic carboxylic acids is 1. The molecule has 1 fully saturated rings. The molecule has 0 saturated carbocycles. The van der Waals surface area contributed by atoms with Gasteiger partial charge in [-0.2, -0.15) is 0 Å². The Hall–Kier alpha value is -6.08. The van der Waals surface area contributed by atoms with Crippen LogP contribution in [0.3, 0.4) is 0 Å². The van der Waals surface area contributed by atoms with Crippen molar-refractivity contribution in [2.45, 2.75) is 129 Å². The third kappa shape index (κ3) is 16.0. The quantitative estimate of drug-likeness (QED) is 0.0550. The zero-order chi connectivity index (χ0) is 51.2. The summed E-state index contributed by atoms with van der Waals surface area (Å²) in [5.41, 5.74) is 5.15. The number of aromatic nitrogens is 4. The largest absolute Gasteiger partial charge is 1.00 e. The fourth-order valence-corrected chi connectivity index (χ4v) is 8.55. The summed E-state index contributed by atoms with van der Waals surface area (Å²) < 4.78 is 36.4. The number of esters is 1. The number of amides is 2. The predicted octanol–water partition coefficient (Wildman–Crippen LogP) is 3.59. The first kappa shape index (κ1) is 56.8. The molecule has 3 heterocycles. The second-order valence-corrected chi connectivity index (χ2v) is 18.2. The fraction of sp³-hybridized carbons (Fsp3) is 0.370. The fourth-order valence-electron chi connectivity index (χ4n) is 8.55. The predicted molar refractivity (Wildman–Crippen MR) is 259 cm³/mol. The molecule has 0 radical (unpaired) electrons. The van der Waals surface area contributed by atoms with Gasteiger partial charge in [-0.3, -0.25) is 14.4 Å². The van der Waals surface area contributed by atoms with E-state index >= 15 is 0 Å². The molecule has 0 aliphatic carbocycles. The number of halogens is 2. The van der Waals surface area contributed by atoms with Crippen molar-refractivity contribution < 1.29 is 82.7 Å². The molecular weight excluding hydrogens is 938 g/mol. The molecule has 1 saturated heterocycles. The van der Waals surface area contributed by atoms with Crippen molar-refractivity contribution in [1.82, 2.24) is 29.7 Å². The number of aliphatic hydroxyl groups is 3. The summed E-state index contributed by atoms with van der Waals surface area (Å²) in [5, 5.41) is 46.8. The second-order valence-electron chi connectivity index (χ2n) is 18.2. The van der Waals surface area contributed by atoms with Crippen LogP contribution in [0.25, 0.3) is 22.8 Å².